The van der Waals surface area contributed by atoms with E-state index in [9.17, 15) is 8.68 Å². The highest BCUT2D eigenvalue weighted by Crippen LogP contribution is 2.42. The Kier molecular flexibility index (Phi) is 6.52. The quantitative estimate of drug-likeness (QED) is 0.506. The first kappa shape index (κ1) is 21.3. The number of nitrogens with one attached hydrogen (secondary N) is 1. The van der Waals surface area contributed by atoms with Crippen molar-refractivity contribution in [1.29, 1.82) is 0 Å². The molecule has 3 heterocycles. The molecule has 3 aromatic rings. The summed E-state index contributed by atoms with van der Waals surface area (Å²) in [6.45, 7) is 0.417. The lowest BCUT2D eigenvalue weighted by Gasteiger charge is -2.11. The number of carbonyl (C=O) groups excluding carboxylic acids is 1. The van der Waals surface area contributed by atoms with Gasteiger partial charge < -0.3 is 19.9 Å². The van der Waals surface area contributed by atoms with Crippen molar-refractivity contribution in [2.24, 2.45) is 5.92 Å². The van der Waals surface area contributed by atoms with Crippen molar-refractivity contribution in [3.05, 3.63) is 24.7 Å². The van der Waals surface area contributed by atoms with Crippen LogP contribution in [0.5, 0.6) is 11.8 Å². The Morgan fingerprint density at radius 3 is 2.65 bits per heavy atom. The lowest BCUT2D eigenvalue weighted by molar-refractivity contribution is -0.105. The van der Waals surface area contributed by atoms with Gasteiger partial charge in [0.15, 0.2) is 18.0 Å². The van der Waals surface area contributed by atoms with Gasteiger partial charge in [-0.15, -0.1) is 3.89 Å². The minimum absolute atomic E-state index is 0.00175. The van der Waals surface area contributed by atoms with E-state index >= 15 is 0 Å². The summed E-state index contributed by atoms with van der Waals surface area (Å²) in [6.07, 6.45) is 8.04. The molecule has 2 aliphatic rings. The number of anilines is 1. The molecule has 5 rings (SSSR count). The van der Waals surface area contributed by atoms with Gasteiger partial charge in [0.1, 0.15) is 23.8 Å². The van der Waals surface area contributed by atoms with Gasteiger partial charge >= 0.3 is 0 Å². The predicted molar refractivity (Wildman–Crippen MR) is 115 cm³/mol. The molecule has 0 bridgehead atoms. The molecule has 0 aromatic carbocycles. The van der Waals surface area contributed by atoms with E-state index in [0.717, 1.165) is 12.8 Å². The van der Waals surface area contributed by atoms with Crippen LogP contribution in [-0.4, -0.2) is 50.3 Å². The number of hydrogen-bond acceptors (Lipinski definition) is 8. The number of ether oxygens (including phenoxy) is 2. The van der Waals surface area contributed by atoms with Gasteiger partial charge in [-0.05, 0) is 43.7 Å². The molecule has 3 aromatic heterocycles. The second kappa shape index (κ2) is 9.48. The fraction of sp³-hybridized carbons (Fsp3) is 0.400. The summed E-state index contributed by atoms with van der Waals surface area (Å²) in [5, 5.41) is 11.3. The predicted octanol–water partition coefficient (Wildman–Crippen LogP) is 3.38. The molecule has 0 radical (unpaired) electrons. The Bertz CT molecular complexity index is 1070. The Balaban J connectivity index is 0.000000407. The van der Waals surface area contributed by atoms with Crippen LogP contribution < -0.4 is 14.8 Å². The first-order chi connectivity index (χ1) is 15.2. The molecule has 0 saturated heterocycles. The van der Waals surface area contributed by atoms with Crippen LogP contribution in [0.15, 0.2) is 24.7 Å². The maximum atomic E-state index is 13.5. The molecule has 2 fully saturated rings. The van der Waals surface area contributed by atoms with E-state index < -0.39 is 0 Å². The van der Waals surface area contributed by atoms with Crippen LogP contribution in [0.2, 0.25) is 0 Å². The Morgan fingerprint density at radius 1 is 1.29 bits per heavy atom. The van der Waals surface area contributed by atoms with Gasteiger partial charge in [0.2, 0.25) is 18.2 Å². The maximum Gasteiger partial charge on any atom is 0.228 e. The fourth-order valence-electron chi connectivity index (χ4n) is 2.94. The van der Waals surface area contributed by atoms with E-state index in [1.165, 1.54) is 30.3 Å². The van der Waals surface area contributed by atoms with Crippen LogP contribution in [0.3, 0.4) is 0 Å². The van der Waals surface area contributed by atoms with E-state index in [0.29, 0.717) is 58.7 Å². The van der Waals surface area contributed by atoms with Crippen molar-refractivity contribution in [1.82, 2.24) is 18.9 Å². The number of pyridine rings is 1. The van der Waals surface area contributed by atoms with Crippen molar-refractivity contribution in [3.63, 3.8) is 0 Å². The van der Waals surface area contributed by atoms with Crippen molar-refractivity contribution in [3.8, 4) is 22.9 Å². The average Bonchev–Trinajstić information content (AvgIpc) is 3.72. The average molecular weight is 447 g/mol. The first-order valence-corrected chi connectivity index (χ1v) is 10.5. The number of amides is 1. The molecule has 164 valence electrons. The van der Waals surface area contributed by atoms with Crippen molar-refractivity contribution < 1.29 is 23.3 Å². The van der Waals surface area contributed by atoms with Gasteiger partial charge in [0.05, 0.1) is 7.11 Å². The minimum Gasteiger partial charge on any atom is -0.480 e. The summed E-state index contributed by atoms with van der Waals surface area (Å²) in [6, 6.07) is 3.37. The van der Waals surface area contributed by atoms with Crippen molar-refractivity contribution in [2.75, 3.05) is 19.0 Å². The van der Waals surface area contributed by atoms with E-state index in [-0.39, 0.29) is 18.4 Å². The van der Waals surface area contributed by atoms with Crippen molar-refractivity contribution >= 4 is 35.6 Å². The van der Waals surface area contributed by atoms with Crippen LogP contribution in [0.25, 0.3) is 22.2 Å². The largest absolute Gasteiger partial charge is 0.480 e. The molecule has 2 N–H and O–H groups in total. The monoisotopic (exact) mass is 447 g/mol. The molecular formula is C20H22FN5O4S. The summed E-state index contributed by atoms with van der Waals surface area (Å²) in [5.41, 5.74) is 1.52. The van der Waals surface area contributed by atoms with E-state index in [1.54, 1.807) is 18.3 Å². The second-order valence-electron chi connectivity index (χ2n) is 7.27. The summed E-state index contributed by atoms with van der Waals surface area (Å²) in [5.74, 6) is 1.72. The number of rotatable bonds is 8. The van der Waals surface area contributed by atoms with Crippen LogP contribution in [0.4, 0.5) is 9.70 Å². The molecule has 1 amide bonds. The molecular weight excluding hydrogens is 425 g/mol. The SMILES string of the molecule is COc1ncnc(OC2CC2)c1-c1cn(SF)c2nc(NC=O)ccc12.OCC1CC1. The number of methoxy groups -OCH3 is 1. The third-order valence-corrected chi connectivity index (χ3v) is 5.33. The summed E-state index contributed by atoms with van der Waals surface area (Å²) in [7, 11) is 1.50. The number of hydrogen-bond donors (Lipinski definition) is 2. The van der Waals surface area contributed by atoms with Crippen LogP contribution >= 0.6 is 12.3 Å². The van der Waals surface area contributed by atoms with Gasteiger partial charge in [-0.3, -0.25) is 4.79 Å². The second-order valence-corrected chi connectivity index (χ2v) is 7.81. The van der Waals surface area contributed by atoms with Gasteiger partial charge in [0, 0.05) is 23.8 Å². The highest BCUT2D eigenvalue weighted by molar-refractivity contribution is 7.92. The number of carbonyl (C=O) groups is 1. The van der Waals surface area contributed by atoms with Crippen molar-refractivity contribution in [2.45, 2.75) is 31.8 Å². The number of aromatic nitrogens is 4. The van der Waals surface area contributed by atoms with Gasteiger partial charge in [-0.1, -0.05) is 0 Å². The molecule has 2 aliphatic carbocycles. The molecule has 31 heavy (non-hydrogen) atoms. The van der Waals surface area contributed by atoms with Gasteiger partial charge in [-0.2, -0.15) is 0 Å². The standard InChI is InChI=1S/C16H14FN5O3S.C4H8O/c1-24-15-13(16(19-7-18-15)25-9-2-3-9)11-6-22(26-17)14-10(11)4-5-12(21-14)20-8-23;5-3-4-1-2-4/h4-9H,2-3H2,1H3,(H,20,21,23);4-5H,1-3H2. The molecule has 0 aliphatic heterocycles. The molecule has 9 nitrogen and oxygen atoms in total. The van der Waals surface area contributed by atoms with Crippen LogP contribution in [-0.2, 0) is 4.79 Å². The van der Waals surface area contributed by atoms with E-state index in [2.05, 4.69) is 20.3 Å². The lowest BCUT2D eigenvalue weighted by Crippen LogP contribution is -2.03. The molecule has 0 atom stereocenters. The number of aliphatic hydroxyl groups is 1. The smallest absolute Gasteiger partial charge is 0.228 e. The molecule has 11 heteroatoms. The van der Waals surface area contributed by atoms with Gasteiger partial charge in [0.25, 0.3) is 0 Å². The fourth-order valence-corrected chi connectivity index (χ4v) is 3.29. The lowest BCUT2D eigenvalue weighted by atomic mass is 10.1. The highest BCUT2D eigenvalue weighted by Gasteiger charge is 2.28. The molecule has 0 unspecified atom stereocenters. The first-order valence-electron chi connectivity index (χ1n) is 9.86. The Morgan fingerprint density at radius 2 is 2.06 bits per heavy atom. The summed E-state index contributed by atoms with van der Waals surface area (Å²) in [4.78, 5) is 23.3. The number of aliphatic hydroxyl groups excluding tert-OH is 1. The zero-order valence-electron chi connectivity index (χ0n) is 16.8. The normalized spacial score (nSPS) is 15.2. The zero-order chi connectivity index (χ0) is 21.8. The Labute approximate surface area is 182 Å². The highest BCUT2D eigenvalue weighted by atomic mass is 32.2. The zero-order valence-corrected chi connectivity index (χ0v) is 17.6. The number of fused-ring (bicyclic) bond motifs is 1. The third kappa shape index (κ3) is 4.88. The summed E-state index contributed by atoms with van der Waals surface area (Å²) < 4.78 is 26.0. The summed E-state index contributed by atoms with van der Waals surface area (Å²) >= 11 is 0.00175. The van der Waals surface area contributed by atoms with E-state index in [1.807, 2.05) is 0 Å². The maximum absolute atomic E-state index is 13.5. The third-order valence-electron chi connectivity index (χ3n) is 4.90. The Hall–Kier alpha value is -2.92. The van der Waals surface area contributed by atoms with Crippen LogP contribution in [0.1, 0.15) is 25.7 Å². The topological polar surface area (TPSA) is 111 Å². The number of halogens is 1. The number of nitrogens with zero attached hydrogens (tertiary/aromatic N) is 4. The minimum atomic E-state index is 0.00175. The van der Waals surface area contributed by atoms with Gasteiger partial charge in [-0.25, -0.2) is 18.9 Å². The van der Waals surface area contributed by atoms with Crippen LogP contribution in [0, 0.1) is 5.92 Å². The molecule has 2 saturated carbocycles. The molecule has 0 spiro atoms. The van der Waals surface area contributed by atoms with E-state index in [4.69, 9.17) is 14.6 Å².